The van der Waals surface area contributed by atoms with Crippen LogP contribution in [0.25, 0.3) is 55.6 Å². The number of nitrogens with zero attached hydrogens (tertiary/aromatic N) is 2. The molecule has 0 amide bonds. The minimum absolute atomic E-state index is 0. The van der Waals surface area contributed by atoms with Crippen LogP contribution in [0.2, 0.25) is 0 Å². The molecule has 0 aliphatic rings. The Hall–Kier alpha value is -5.15. The third-order valence-corrected chi connectivity index (χ3v) is 8.06. The van der Waals surface area contributed by atoms with E-state index >= 15 is 0 Å². The quantitative estimate of drug-likeness (QED) is 0.163. The SMILES string of the molecule is Cc1c[c-]c(-c2ccc(C)cn2)cc1.[Ir].[c-]1ccc2c(oc3ccccc32)c1-c1cc(Cc2ccccc2)c(-c2ccccc2)cn1. The number of para-hydroxylation sites is 1. The molecule has 0 spiro atoms. The molecule has 0 bridgehead atoms. The molecule has 231 valence electrons. The summed E-state index contributed by atoms with van der Waals surface area (Å²) >= 11 is 0. The van der Waals surface area contributed by atoms with Crippen molar-refractivity contribution in [1.29, 1.82) is 0 Å². The van der Waals surface area contributed by atoms with Gasteiger partial charge in [0, 0.05) is 43.4 Å². The molecular formula is C43H32IrN2O-2. The molecule has 1 radical (unpaired) electrons. The Morgan fingerprint density at radius 2 is 1.36 bits per heavy atom. The van der Waals surface area contributed by atoms with Gasteiger partial charge < -0.3 is 14.4 Å². The second-order valence-electron chi connectivity index (χ2n) is 11.4. The summed E-state index contributed by atoms with van der Waals surface area (Å²) in [4.78, 5) is 9.20. The zero-order valence-electron chi connectivity index (χ0n) is 26.2. The van der Waals surface area contributed by atoms with Gasteiger partial charge in [-0.25, -0.2) is 0 Å². The molecule has 0 unspecified atom stereocenters. The van der Waals surface area contributed by atoms with E-state index in [0.717, 1.165) is 56.4 Å². The zero-order valence-corrected chi connectivity index (χ0v) is 28.6. The summed E-state index contributed by atoms with van der Waals surface area (Å²) < 4.78 is 6.24. The molecule has 0 aliphatic carbocycles. The Balaban J connectivity index is 0.000000217. The summed E-state index contributed by atoms with van der Waals surface area (Å²) in [5.74, 6) is 0. The van der Waals surface area contributed by atoms with Crippen LogP contribution in [0.4, 0.5) is 0 Å². The predicted molar refractivity (Wildman–Crippen MR) is 188 cm³/mol. The standard InChI is InChI=1S/C30H20NO.C13H12N.Ir/c1-3-10-21(11-4-1)18-23-19-28(31-20-27(23)22-12-5-2-6-13-22)26-16-9-15-25-24-14-7-8-17-29(24)32-30(25)26;1-10-3-6-12(7-4-10)13-8-5-11(2)9-14-13;/h1-15,17,19-20H,18H2;3-6,8-9H,1-2H3;/q2*-1;. The molecule has 0 aliphatic heterocycles. The Morgan fingerprint density at radius 1 is 0.638 bits per heavy atom. The van der Waals surface area contributed by atoms with Crippen molar-refractivity contribution >= 4 is 21.9 Å². The van der Waals surface area contributed by atoms with E-state index in [9.17, 15) is 0 Å². The van der Waals surface area contributed by atoms with Crippen molar-refractivity contribution in [2.24, 2.45) is 0 Å². The van der Waals surface area contributed by atoms with Gasteiger partial charge in [-0.05, 0) is 53.1 Å². The van der Waals surface area contributed by atoms with Crippen molar-refractivity contribution in [1.82, 2.24) is 9.97 Å². The number of fused-ring (bicyclic) bond motifs is 3. The second kappa shape index (κ2) is 14.5. The average Bonchev–Trinajstić information content (AvgIpc) is 3.49. The molecule has 8 aromatic rings. The fraction of sp³-hybridized carbons (Fsp3) is 0.0698. The average molecular weight is 785 g/mol. The first-order chi connectivity index (χ1) is 22.6. The van der Waals surface area contributed by atoms with Gasteiger partial charge in [0.05, 0.1) is 5.58 Å². The van der Waals surface area contributed by atoms with E-state index in [2.05, 4.69) is 109 Å². The summed E-state index contributed by atoms with van der Waals surface area (Å²) in [7, 11) is 0. The molecular weight excluding hydrogens is 753 g/mol. The van der Waals surface area contributed by atoms with E-state index in [1.165, 1.54) is 27.8 Å². The molecule has 0 N–H and O–H groups in total. The predicted octanol–water partition coefficient (Wildman–Crippen LogP) is 10.9. The van der Waals surface area contributed by atoms with Gasteiger partial charge in [0.1, 0.15) is 5.58 Å². The molecule has 3 nitrogen and oxygen atoms in total. The molecule has 0 fully saturated rings. The molecule has 3 aromatic heterocycles. The van der Waals surface area contributed by atoms with Crippen LogP contribution in [0, 0.1) is 26.0 Å². The molecule has 47 heavy (non-hydrogen) atoms. The summed E-state index contributed by atoms with van der Waals surface area (Å²) in [5.41, 5.74) is 12.7. The monoisotopic (exact) mass is 785 g/mol. The molecule has 0 atom stereocenters. The van der Waals surface area contributed by atoms with Gasteiger partial charge in [-0.3, -0.25) is 0 Å². The van der Waals surface area contributed by atoms with E-state index in [1.54, 1.807) is 0 Å². The van der Waals surface area contributed by atoms with Crippen molar-refractivity contribution in [2.75, 3.05) is 0 Å². The first kappa shape index (κ1) is 31.8. The van der Waals surface area contributed by atoms with Gasteiger partial charge in [0.25, 0.3) is 0 Å². The van der Waals surface area contributed by atoms with E-state index in [1.807, 2.05) is 67.8 Å². The minimum Gasteiger partial charge on any atom is -0.501 e. The number of benzene rings is 5. The van der Waals surface area contributed by atoms with Crippen molar-refractivity contribution < 1.29 is 24.5 Å². The fourth-order valence-electron chi connectivity index (χ4n) is 5.64. The van der Waals surface area contributed by atoms with E-state index in [-0.39, 0.29) is 20.1 Å². The maximum atomic E-state index is 6.24. The van der Waals surface area contributed by atoms with Crippen LogP contribution in [0.1, 0.15) is 22.3 Å². The Bertz CT molecular complexity index is 2180. The van der Waals surface area contributed by atoms with E-state index in [0.29, 0.717) is 0 Å². The van der Waals surface area contributed by atoms with E-state index < -0.39 is 0 Å². The maximum Gasteiger partial charge on any atom is 0.120 e. The molecule has 5 aromatic carbocycles. The maximum absolute atomic E-state index is 6.24. The van der Waals surface area contributed by atoms with Gasteiger partial charge in [-0.2, -0.15) is 0 Å². The van der Waals surface area contributed by atoms with Crippen LogP contribution in [-0.4, -0.2) is 9.97 Å². The summed E-state index contributed by atoms with van der Waals surface area (Å²) in [6.45, 7) is 4.10. The first-order valence-corrected chi connectivity index (χ1v) is 15.4. The van der Waals surface area contributed by atoms with Crippen molar-refractivity contribution in [2.45, 2.75) is 20.3 Å². The van der Waals surface area contributed by atoms with Gasteiger partial charge in [0.2, 0.25) is 0 Å². The molecule has 0 saturated heterocycles. The number of hydrogen-bond donors (Lipinski definition) is 0. The Morgan fingerprint density at radius 3 is 2.11 bits per heavy atom. The topological polar surface area (TPSA) is 38.9 Å². The summed E-state index contributed by atoms with van der Waals surface area (Å²) in [6.07, 6.45) is 4.69. The van der Waals surface area contributed by atoms with Gasteiger partial charge in [0.15, 0.2) is 0 Å². The fourth-order valence-corrected chi connectivity index (χ4v) is 5.64. The number of hydrogen-bond acceptors (Lipinski definition) is 3. The minimum atomic E-state index is 0. The van der Waals surface area contributed by atoms with Gasteiger partial charge in [-0.1, -0.05) is 115 Å². The first-order valence-electron chi connectivity index (χ1n) is 15.4. The summed E-state index contributed by atoms with van der Waals surface area (Å²) in [5, 5.41) is 2.20. The van der Waals surface area contributed by atoms with Crippen LogP contribution >= 0.6 is 0 Å². The smallest absolute Gasteiger partial charge is 0.120 e. The van der Waals surface area contributed by atoms with Crippen molar-refractivity contribution in [3.05, 3.63) is 180 Å². The van der Waals surface area contributed by atoms with Crippen LogP contribution in [0.3, 0.4) is 0 Å². The number of aryl methyl sites for hydroxylation is 2. The summed E-state index contributed by atoms with van der Waals surface area (Å²) in [6, 6.07) is 52.2. The number of furan rings is 1. The van der Waals surface area contributed by atoms with Crippen molar-refractivity contribution in [3.8, 4) is 33.6 Å². The van der Waals surface area contributed by atoms with Gasteiger partial charge >= 0.3 is 0 Å². The van der Waals surface area contributed by atoms with E-state index in [4.69, 9.17) is 9.40 Å². The second-order valence-corrected chi connectivity index (χ2v) is 11.4. The molecule has 4 heteroatoms. The Kier molecular flexibility index (Phi) is 9.83. The number of aromatic nitrogens is 2. The third-order valence-electron chi connectivity index (χ3n) is 8.06. The molecule has 8 rings (SSSR count). The normalized spacial score (nSPS) is 10.7. The third kappa shape index (κ3) is 7.15. The number of pyridine rings is 2. The number of rotatable bonds is 5. The van der Waals surface area contributed by atoms with Crippen LogP contribution in [0.15, 0.2) is 150 Å². The Labute approximate surface area is 289 Å². The zero-order chi connectivity index (χ0) is 31.3. The van der Waals surface area contributed by atoms with Crippen molar-refractivity contribution in [3.63, 3.8) is 0 Å². The molecule has 3 heterocycles. The van der Waals surface area contributed by atoms with Crippen LogP contribution in [0.5, 0.6) is 0 Å². The largest absolute Gasteiger partial charge is 0.501 e. The van der Waals surface area contributed by atoms with Crippen LogP contribution in [-0.2, 0) is 26.5 Å². The molecule has 0 saturated carbocycles. The van der Waals surface area contributed by atoms with Crippen LogP contribution < -0.4 is 0 Å². The van der Waals surface area contributed by atoms with Gasteiger partial charge in [-0.15, -0.1) is 53.6 Å².